The quantitative estimate of drug-likeness (QED) is 0.900. The van der Waals surface area contributed by atoms with Crippen LogP contribution in [0.4, 0.5) is 0 Å². The van der Waals surface area contributed by atoms with Crippen LogP contribution in [0.25, 0.3) is 0 Å². The van der Waals surface area contributed by atoms with Crippen molar-refractivity contribution in [2.75, 3.05) is 11.5 Å². The molecule has 1 aliphatic heterocycles. The average molecular weight is 306 g/mol. The number of rotatable bonds is 3. The number of halogens is 1. The lowest BCUT2D eigenvalue weighted by Crippen LogP contribution is -2.56. The van der Waals surface area contributed by atoms with E-state index in [-0.39, 0.29) is 5.91 Å². The van der Waals surface area contributed by atoms with Gasteiger partial charge in [0.05, 0.1) is 9.21 Å². The highest BCUT2D eigenvalue weighted by atomic mass is 35.5. The Kier molecular flexibility index (Phi) is 4.19. The fraction of sp³-hybridized carbons (Fsp3) is 0.455. The monoisotopic (exact) mass is 305 g/mol. The van der Waals surface area contributed by atoms with E-state index in [4.69, 9.17) is 11.6 Å². The van der Waals surface area contributed by atoms with E-state index in [9.17, 15) is 14.7 Å². The fourth-order valence-electron chi connectivity index (χ4n) is 1.83. The van der Waals surface area contributed by atoms with Gasteiger partial charge in [0, 0.05) is 0 Å². The van der Waals surface area contributed by atoms with E-state index in [0.29, 0.717) is 22.1 Å². The van der Waals surface area contributed by atoms with Gasteiger partial charge in [0.25, 0.3) is 5.91 Å². The number of thioether (sulfide) groups is 1. The summed E-state index contributed by atoms with van der Waals surface area (Å²) >= 11 is 8.62. The number of amides is 1. The second-order valence-electron chi connectivity index (χ2n) is 4.06. The lowest BCUT2D eigenvalue weighted by molar-refractivity contribution is -0.144. The minimum Gasteiger partial charge on any atom is -0.480 e. The van der Waals surface area contributed by atoms with Crippen molar-refractivity contribution < 1.29 is 14.7 Å². The molecule has 98 valence electrons. The summed E-state index contributed by atoms with van der Waals surface area (Å²) < 4.78 is 0.517. The van der Waals surface area contributed by atoms with Gasteiger partial charge in [-0.05, 0) is 36.5 Å². The topological polar surface area (TPSA) is 66.4 Å². The SMILES string of the molecule is O=C(NC1(C(=O)O)CCSCC1)c1ccc(Cl)s1. The Balaban J connectivity index is 2.14. The van der Waals surface area contributed by atoms with Crippen LogP contribution >= 0.6 is 34.7 Å². The van der Waals surface area contributed by atoms with Crippen molar-refractivity contribution >= 4 is 46.6 Å². The molecule has 0 aliphatic carbocycles. The van der Waals surface area contributed by atoms with Crippen LogP contribution in [-0.4, -0.2) is 34.0 Å². The Morgan fingerprint density at radius 2 is 2.00 bits per heavy atom. The molecule has 2 N–H and O–H groups in total. The van der Waals surface area contributed by atoms with Gasteiger partial charge in [-0.1, -0.05) is 11.6 Å². The zero-order valence-corrected chi connectivity index (χ0v) is 11.8. The minimum absolute atomic E-state index is 0.360. The maximum Gasteiger partial charge on any atom is 0.329 e. The maximum absolute atomic E-state index is 12.0. The van der Waals surface area contributed by atoms with Crippen molar-refractivity contribution in [3.05, 3.63) is 21.3 Å². The molecule has 1 fully saturated rings. The van der Waals surface area contributed by atoms with Gasteiger partial charge in [-0.15, -0.1) is 11.3 Å². The number of carbonyl (C=O) groups excluding carboxylic acids is 1. The summed E-state index contributed by atoms with van der Waals surface area (Å²) in [5, 5.41) is 12.0. The Morgan fingerprint density at radius 1 is 1.33 bits per heavy atom. The highest BCUT2D eigenvalue weighted by Gasteiger charge is 2.41. The van der Waals surface area contributed by atoms with E-state index in [2.05, 4.69) is 5.32 Å². The number of aliphatic carboxylic acids is 1. The molecular weight excluding hydrogens is 294 g/mol. The van der Waals surface area contributed by atoms with E-state index >= 15 is 0 Å². The van der Waals surface area contributed by atoms with E-state index in [1.165, 1.54) is 0 Å². The summed E-state index contributed by atoms with van der Waals surface area (Å²) in [4.78, 5) is 23.9. The second-order valence-corrected chi connectivity index (χ2v) is 7.00. The Bertz CT molecular complexity index is 469. The van der Waals surface area contributed by atoms with E-state index in [1.54, 1.807) is 23.9 Å². The fourth-order valence-corrected chi connectivity index (χ4v) is 3.96. The Labute approximate surface area is 118 Å². The van der Waals surface area contributed by atoms with Crippen LogP contribution in [0, 0.1) is 0 Å². The first kappa shape index (κ1) is 13.7. The van der Waals surface area contributed by atoms with Crippen LogP contribution in [0.5, 0.6) is 0 Å². The number of hydrogen-bond acceptors (Lipinski definition) is 4. The molecule has 2 rings (SSSR count). The van der Waals surface area contributed by atoms with Gasteiger partial charge in [0.2, 0.25) is 0 Å². The van der Waals surface area contributed by atoms with E-state index in [0.717, 1.165) is 22.8 Å². The predicted octanol–water partition coefficient (Wildman–Crippen LogP) is 2.48. The molecule has 0 unspecified atom stereocenters. The summed E-state index contributed by atoms with van der Waals surface area (Å²) in [5.74, 6) is 0.176. The van der Waals surface area contributed by atoms with Crippen LogP contribution in [-0.2, 0) is 4.79 Å². The van der Waals surface area contributed by atoms with Gasteiger partial charge >= 0.3 is 5.97 Å². The molecule has 0 saturated carbocycles. The average Bonchev–Trinajstić information content (AvgIpc) is 2.77. The number of nitrogens with one attached hydrogen (secondary N) is 1. The van der Waals surface area contributed by atoms with E-state index in [1.807, 2.05) is 0 Å². The molecule has 0 bridgehead atoms. The zero-order valence-electron chi connectivity index (χ0n) is 9.44. The second kappa shape index (κ2) is 5.50. The molecule has 1 aliphatic rings. The van der Waals surface area contributed by atoms with Crippen LogP contribution in [0.3, 0.4) is 0 Å². The van der Waals surface area contributed by atoms with E-state index < -0.39 is 11.5 Å². The van der Waals surface area contributed by atoms with Gasteiger partial charge in [-0.2, -0.15) is 11.8 Å². The first-order chi connectivity index (χ1) is 8.53. The molecule has 18 heavy (non-hydrogen) atoms. The third-order valence-electron chi connectivity index (χ3n) is 2.91. The first-order valence-electron chi connectivity index (χ1n) is 5.42. The van der Waals surface area contributed by atoms with Gasteiger partial charge in [-0.3, -0.25) is 4.79 Å². The van der Waals surface area contributed by atoms with Crippen molar-refractivity contribution in [1.29, 1.82) is 0 Å². The number of carboxylic acids is 1. The normalized spacial score (nSPS) is 18.3. The van der Waals surface area contributed by atoms with Gasteiger partial charge in [0.15, 0.2) is 0 Å². The molecule has 0 atom stereocenters. The molecule has 7 heteroatoms. The summed E-state index contributed by atoms with van der Waals surface area (Å²) in [5.41, 5.74) is -1.13. The molecule has 1 aromatic heterocycles. The van der Waals surface area contributed by atoms with Crippen LogP contribution in [0.1, 0.15) is 22.5 Å². The minimum atomic E-state index is -1.13. The molecule has 0 spiro atoms. The first-order valence-corrected chi connectivity index (χ1v) is 7.77. The largest absolute Gasteiger partial charge is 0.480 e. The van der Waals surface area contributed by atoms with Crippen LogP contribution < -0.4 is 5.32 Å². The lowest BCUT2D eigenvalue weighted by Gasteiger charge is -2.33. The molecule has 0 radical (unpaired) electrons. The van der Waals surface area contributed by atoms with Crippen LogP contribution in [0.2, 0.25) is 4.34 Å². The highest BCUT2D eigenvalue weighted by Crippen LogP contribution is 2.29. The van der Waals surface area contributed by atoms with Gasteiger partial charge in [-0.25, -0.2) is 4.79 Å². The summed E-state index contributed by atoms with van der Waals surface area (Å²) in [6.07, 6.45) is 0.912. The molecule has 2 heterocycles. The summed E-state index contributed by atoms with van der Waals surface area (Å²) in [6, 6.07) is 3.24. The molecular formula is C11H12ClNO3S2. The maximum atomic E-state index is 12.0. The molecule has 0 aromatic carbocycles. The van der Waals surface area contributed by atoms with Crippen molar-refractivity contribution in [2.45, 2.75) is 18.4 Å². The molecule has 1 aromatic rings. The van der Waals surface area contributed by atoms with Crippen molar-refractivity contribution in [3.63, 3.8) is 0 Å². The Hall–Kier alpha value is -0.720. The Morgan fingerprint density at radius 3 is 2.50 bits per heavy atom. The van der Waals surface area contributed by atoms with Gasteiger partial charge in [0.1, 0.15) is 5.54 Å². The van der Waals surface area contributed by atoms with Gasteiger partial charge < -0.3 is 10.4 Å². The molecule has 1 amide bonds. The van der Waals surface area contributed by atoms with Crippen molar-refractivity contribution in [3.8, 4) is 0 Å². The highest BCUT2D eigenvalue weighted by molar-refractivity contribution is 7.99. The summed E-state index contributed by atoms with van der Waals surface area (Å²) in [6.45, 7) is 0. The smallest absolute Gasteiger partial charge is 0.329 e. The number of carboxylic acid groups (broad SMARTS) is 1. The standard InChI is InChI=1S/C11H12ClNO3S2/c12-8-2-1-7(18-8)9(14)13-11(10(15)16)3-5-17-6-4-11/h1-2H,3-6H2,(H,13,14)(H,15,16). The molecule has 4 nitrogen and oxygen atoms in total. The zero-order chi connectivity index (χ0) is 13.2. The third kappa shape index (κ3) is 2.81. The number of hydrogen-bond donors (Lipinski definition) is 2. The van der Waals surface area contributed by atoms with Crippen LogP contribution in [0.15, 0.2) is 12.1 Å². The van der Waals surface area contributed by atoms with Crippen molar-refractivity contribution in [2.24, 2.45) is 0 Å². The summed E-state index contributed by atoms with van der Waals surface area (Å²) in [7, 11) is 0. The van der Waals surface area contributed by atoms with Crippen molar-refractivity contribution in [1.82, 2.24) is 5.32 Å². The predicted molar refractivity (Wildman–Crippen MR) is 73.7 cm³/mol. The lowest BCUT2D eigenvalue weighted by atomic mass is 9.92. The number of carbonyl (C=O) groups is 2. The molecule has 1 saturated heterocycles. The third-order valence-corrected chi connectivity index (χ3v) is 5.12. The number of thiophene rings is 1.